The number of carbonyl (C=O) groups is 1. The first kappa shape index (κ1) is 13.5. The number of likely N-dealkylation sites (N-methyl/N-ethyl adjacent to an activating group) is 1. The van der Waals surface area contributed by atoms with Gasteiger partial charge >= 0.3 is 0 Å². The van der Waals surface area contributed by atoms with Gasteiger partial charge in [-0.1, -0.05) is 19.8 Å². The van der Waals surface area contributed by atoms with Crippen molar-refractivity contribution in [3.8, 4) is 0 Å². The second kappa shape index (κ2) is 6.86. The average Bonchev–Trinajstić information content (AvgIpc) is 2.77. The lowest BCUT2D eigenvalue weighted by atomic mass is 10.1. The number of nitrogens with zero attached hydrogens (tertiary/aromatic N) is 1. The number of hydrogen-bond acceptors (Lipinski definition) is 3. The summed E-state index contributed by atoms with van der Waals surface area (Å²) in [5.41, 5.74) is 5.85. The highest BCUT2D eigenvalue weighted by molar-refractivity contribution is 5.81. The van der Waals surface area contributed by atoms with Gasteiger partial charge in [-0.05, 0) is 19.3 Å². The van der Waals surface area contributed by atoms with Crippen molar-refractivity contribution in [1.82, 2.24) is 4.90 Å². The van der Waals surface area contributed by atoms with Gasteiger partial charge in [-0.25, -0.2) is 0 Å². The van der Waals surface area contributed by atoms with Crippen LogP contribution in [0, 0.1) is 0 Å². The molecular formula is C12H24N2O2. The Morgan fingerprint density at radius 2 is 2.38 bits per heavy atom. The smallest absolute Gasteiger partial charge is 0.239 e. The second-order valence-corrected chi connectivity index (χ2v) is 4.60. The van der Waals surface area contributed by atoms with Gasteiger partial charge < -0.3 is 15.4 Å². The molecule has 1 saturated heterocycles. The van der Waals surface area contributed by atoms with Gasteiger partial charge in [-0.3, -0.25) is 4.79 Å². The Labute approximate surface area is 98.1 Å². The number of carbonyl (C=O) groups excluding carboxylic acids is 1. The molecule has 4 nitrogen and oxygen atoms in total. The Bertz CT molecular complexity index is 215. The Morgan fingerprint density at radius 1 is 1.62 bits per heavy atom. The Morgan fingerprint density at radius 3 is 2.94 bits per heavy atom. The molecule has 0 aliphatic carbocycles. The summed E-state index contributed by atoms with van der Waals surface area (Å²) < 4.78 is 5.50. The van der Waals surface area contributed by atoms with Crippen LogP contribution in [0.3, 0.4) is 0 Å². The van der Waals surface area contributed by atoms with E-state index in [0.29, 0.717) is 6.54 Å². The van der Waals surface area contributed by atoms with E-state index in [1.807, 2.05) is 7.05 Å². The average molecular weight is 228 g/mol. The molecule has 94 valence electrons. The van der Waals surface area contributed by atoms with E-state index in [2.05, 4.69) is 6.92 Å². The second-order valence-electron chi connectivity index (χ2n) is 4.60. The summed E-state index contributed by atoms with van der Waals surface area (Å²) in [6, 6.07) is -0.341. The molecule has 1 aliphatic heterocycles. The third-order valence-corrected chi connectivity index (χ3v) is 3.06. The third kappa shape index (κ3) is 4.10. The molecule has 4 heteroatoms. The molecule has 1 aliphatic rings. The zero-order valence-corrected chi connectivity index (χ0v) is 10.4. The van der Waals surface area contributed by atoms with Gasteiger partial charge in [0, 0.05) is 20.2 Å². The molecule has 1 amide bonds. The van der Waals surface area contributed by atoms with Gasteiger partial charge in [-0.15, -0.1) is 0 Å². The molecular weight excluding hydrogens is 204 g/mol. The van der Waals surface area contributed by atoms with Crippen LogP contribution in [-0.4, -0.2) is 43.2 Å². The Balaban J connectivity index is 2.28. The number of hydrogen-bond donors (Lipinski definition) is 1. The number of amides is 1. The van der Waals surface area contributed by atoms with E-state index in [4.69, 9.17) is 10.5 Å². The zero-order chi connectivity index (χ0) is 12.0. The van der Waals surface area contributed by atoms with Crippen molar-refractivity contribution in [2.45, 2.75) is 51.2 Å². The fourth-order valence-electron chi connectivity index (χ4n) is 2.01. The van der Waals surface area contributed by atoms with E-state index >= 15 is 0 Å². The monoisotopic (exact) mass is 228 g/mol. The van der Waals surface area contributed by atoms with Crippen LogP contribution in [0.5, 0.6) is 0 Å². The van der Waals surface area contributed by atoms with Gasteiger partial charge in [0.1, 0.15) is 0 Å². The fraction of sp³-hybridized carbons (Fsp3) is 0.917. The first-order chi connectivity index (χ1) is 7.65. The maximum atomic E-state index is 11.9. The number of nitrogens with two attached hydrogens (primary N) is 1. The van der Waals surface area contributed by atoms with Crippen molar-refractivity contribution in [3.05, 3.63) is 0 Å². The Kier molecular flexibility index (Phi) is 5.77. The number of unbranched alkanes of at least 4 members (excludes halogenated alkanes) is 1. The molecule has 0 aromatic heterocycles. The van der Waals surface area contributed by atoms with Gasteiger partial charge in [0.05, 0.1) is 12.1 Å². The van der Waals surface area contributed by atoms with Crippen molar-refractivity contribution in [2.75, 3.05) is 20.2 Å². The largest absolute Gasteiger partial charge is 0.376 e. The minimum Gasteiger partial charge on any atom is -0.376 e. The van der Waals surface area contributed by atoms with Crippen molar-refractivity contribution in [1.29, 1.82) is 0 Å². The summed E-state index contributed by atoms with van der Waals surface area (Å²) in [6.45, 7) is 3.61. The topological polar surface area (TPSA) is 55.6 Å². The van der Waals surface area contributed by atoms with Gasteiger partial charge in [-0.2, -0.15) is 0 Å². The normalized spacial score (nSPS) is 22.1. The molecule has 1 heterocycles. The number of ether oxygens (including phenoxy) is 1. The van der Waals surface area contributed by atoms with Crippen LogP contribution in [0.2, 0.25) is 0 Å². The minimum absolute atomic E-state index is 0.0453. The molecule has 0 aromatic carbocycles. The maximum Gasteiger partial charge on any atom is 0.239 e. The molecule has 2 N–H and O–H groups in total. The molecule has 0 radical (unpaired) electrons. The zero-order valence-electron chi connectivity index (χ0n) is 10.4. The molecule has 1 fully saturated rings. The van der Waals surface area contributed by atoms with Crippen molar-refractivity contribution in [2.24, 2.45) is 5.73 Å². The van der Waals surface area contributed by atoms with Crippen molar-refractivity contribution >= 4 is 5.91 Å². The molecule has 0 saturated carbocycles. The van der Waals surface area contributed by atoms with E-state index in [-0.39, 0.29) is 18.1 Å². The lowest BCUT2D eigenvalue weighted by molar-refractivity contribution is -0.132. The highest BCUT2D eigenvalue weighted by atomic mass is 16.5. The molecule has 1 rings (SSSR count). The molecule has 16 heavy (non-hydrogen) atoms. The summed E-state index contributed by atoms with van der Waals surface area (Å²) in [6.07, 6.45) is 5.26. The van der Waals surface area contributed by atoms with E-state index in [9.17, 15) is 4.79 Å². The summed E-state index contributed by atoms with van der Waals surface area (Å²) in [5.74, 6) is 0.0453. The summed E-state index contributed by atoms with van der Waals surface area (Å²) in [4.78, 5) is 13.6. The first-order valence-corrected chi connectivity index (χ1v) is 6.27. The van der Waals surface area contributed by atoms with Crippen LogP contribution in [0.25, 0.3) is 0 Å². The standard InChI is InChI=1S/C12H24N2O2/c1-3-4-7-11(13)12(15)14(2)9-10-6-5-8-16-10/h10-11H,3-9,13H2,1-2H3/t10?,11-/m0/s1. The summed E-state index contributed by atoms with van der Waals surface area (Å²) in [5, 5.41) is 0. The predicted molar refractivity (Wildman–Crippen MR) is 64.1 cm³/mol. The molecule has 0 spiro atoms. The Hall–Kier alpha value is -0.610. The summed E-state index contributed by atoms with van der Waals surface area (Å²) in [7, 11) is 1.82. The lowest BCUT2D eigenvalue weighted by Crippen LogP contribution is -2.44. The minimum atomic E-state index is -0.341. The SMILES string of the molecule is CCCC[C@H](N)C(=O)N(C)CC1CCCO1. The maximum absolute atomic E-state index is 11.9. The summed E-state index contributed by atoms with van der Waals surface area (Å²) >= 11 is 0. The van der Waals surface area contributed by atoms with Crippen LogP contribution in [0.4, 0.5) is 0 Å². The van der Waals surface area contributed by atoms with Gasteiger partial charge in [0.15, 0.2) is 0 Å². The van der Waals surface area contributed by atoms with Gasteiger partial charge in [0.2, 0.25) is 5.91 Å². The quantitative estimate of drug-likeness (QED) is 0.741. The van der Waals surface area contributed by atoms with Crippen LogP contribution >= 0.6 is 0 Å². The first-order valence-electron chi connectivity index (χ1n) is 6.27. The molecule has 0 bridgehead atoms. The molecule has 0 aromatic rings. The van der Waals surface area contributed by atoms with E-state index in [1.54, 1.807) is 4.90 Å². The molecule has 2 atom stereocenters. The third-order valence-electron chi connectivity index (χ3n) is 3.06. The predicted octanol–water partition coefficient (Wildman–Crippen LogP) is 1.14. The van der Waals surface area contributed by atoms with Crippen LogP contribution in [-0.2, 0) is 9.53 Å². The van der Waals surface area contributed by atoms with E-state index < -0.39 is 0 Å². The van der Waals surface area contributed by atoms with Crippen LogP contribution in [0.1, 0.15) is 39.0 Å². The molecule has 1 unspecified atom stereocenters. The van der Waals surface area contributed by atoms with Crippen molar-refractivity contribution < 1.29 is 9.53 Å². The van der Waals surface area contributed by atoms with E-state index in [0.717, 1.165) is 38.7 Å². The fourth-order valence-corrected chi connectivity index (χ4v) is 2.01. The van der Waals surface area contributed by atoms with Crippen LogP contribution < -0.4 is 5.73 Å². The van der Waals surface area contributed by atoms with Crippen LogP contribution in [0.15, 0.2) is 0 Å². The highest BCUT2D eigenvalue weighted by Crippen LogP contribution is 2.13. The lowest BCUT2D eigenvalue weighted by Gasteiger charge is -2.23. The van der Waals surface area contributed by atoms with E-state index in [1.165, 1.54) is 0 Å². The number of rotatable bonds is 6. The highest BCUT2D eigenvalue weighted by Gasteiger charge is 2.22. The van der Waals surface area contributed by atoms with Crippen molar-refractivity contribution in [3.63, 3.8) is 0 Å². The van der Waals surface area contributed by atoms with Gasteiger partial charge in [0.25, 0.3) is 0 Å².